The smallest absolute Gasteiger partial charge is 0.344 e. The van der Waals surface area contributed by atoms with Gasteiger partial charge in [0.05, 0.1) is 6.61 Å². The molecule has 0 bridgehead atoms. The lowest BCUT2D eigenvalue weighted by atomic mass is 10.1. The van der Waals surface area contributed by atoms with Crippen LogP contribution in [-0.2, 0) is 9.53 Å². The Bertz CT molecular complexity index is 474. The van der Waals surface area contributed by atoms with E-state index >= 15 is 0 Å². The van der Waals surface area contributed by atoms with Crippen LogP contribution in [0.15, 0.2) is 18.2 Å². The third-order valence-corrected chi connectivity index (χ3v) is 2.50. The third kappa shape index (κ3) is 3.61. The van der Waals surface area contributed by atoms with Crippen LogP contribution in [0.25, 0.3) is 0 Å². The van der Waals surface area contributed by atoms with Gasteiger partial charge in [0.15, 0.2) is 6.10 Å². The van der Waals surface area contributed by atoms with Gasteiger partial charge in [-0.05, 0) is 25.5 Å². The topological polar surface area (TPSA) is 105 Å². The minimum atomic E-state index is -0.971. The number of ether oxygens (including phenoxy) is 2. The van der Waals surface area contributed by atoms with E-state index < -0.39 is 18.0 Å². The number of esters is 1. The summed E-state index contributed by atoms with van der Waals surface area (Å²) in [5.74, 6) is -1.08. The van der Waals surface area contributed by atoms with Crippen LogP contribution >= 0.6 is 0 Å². The lowest BCUT2D eigenvalue weighted by Crippen LogP contribution is -2.32. The van der Waals surface area contributed by atoms with Gasteiger partial charge in [0.1, 0.15) is 11.3 Å². The highest BCUT2D eigenvalue weighted by atomic mass is 16.5. The average molecular weight is 266 g/mol. The van der Waals surface area contributed by atoms with Gasteiger partial charge in [-0.25, -0.2) is 4.79 Å². The van der Waals surface area contributed by atoms with Gasteiger partial charge >= 0.3 is 5.97 Å². The molecule has 4 N–H and O–H groups in total. The summed E-state index contributed by atoms with van der Waals surface area (Å²) >= 11 is 0. The van der Waals surface area contributed by atoms with Crippen molar-refractivity contribution in [3.8, 4) is 5.75 Å². The largest absolute Gasteiger partial charge is 0.493 e. The van der Waals surface area contributed by atoms with E-state index in [-0.39, 0.29) is 11.3 Å². The predicted molar refractivity (Wildman–Crippen MR) is 70.7 cm³/mol. The normalized spacial score (nSPS) is 11.7. The zero-order chi connectivity index (χ0) is 14.4. The predicted octanol–water partition coefficient (Wildman–Crippen LogP) is 1.09. The molecule has 1 aromatic rings. The van der Waals surface area contributed by atoms with E-state index in [4.69, 9.17) is 20.9 Å². The molecule has 19 heavy (non-hydrogen) atoms. The Morgan fingerprint density at radius 1 is 1.32 bits per heavy atom. The van der Waals surface area contributed by atoms with Crippen LogP contribution in [0.4, 0.5) is 5.69 Å². The Morgan fingerprint density at radius 3 is 2.53 bits per heavy atom. The van der Waals surface area contributed by atoms with Gasteiger partial charge in [-0.15, -0.1) is 0 Å². The third-order valence-electron chi connectivity index (χ3n) is 2.50. The number of benzene rings is 1. The number of rotatable bonds is 6. The second-order valence-corrected chi connectivity index (χ2v) is 3.86. The van der Waals surface area contributed by atoms with E-state index in [0.29, 0.717) is 18.8 Å². The maximum atomic E-state index is 12.0. The number of nitrogen functional groups attached to an aromatic ring is 1. The Morgan fingerprint density at radius 2 is 2.00 bits per heavy atom. The maximum Gasteiger partial charge on any atom is 0.344 e. The van der Waals surface area contributed by atoms with E-state index in [1.807, 2.05) is 0 Å². The van der Waals surface area contributed by atoms with E-state index in [0.717, 1.165) is 0 Å². The summed E-state index contributed by atoms with van der Waals surface area (Å²) in [4.78, 5) is 23.1. The first-order chi connectivity index (χ1) is 9.01. The van der Waals surface area contributed by atoms with E-state index in [1.165, 1.54) is 0 Å². The van der Waals surface area contributed by atoms with Crippen LogP contribution < -0.4 is 16.2 Å². The molecule has 0 heterocycles. The lowest BCUT2D eigenvalue weighted by molar-refractivity contribution is -0.126. The van der Waals surface area contributed by atoms with Crippen molar-refractivity contribution < 1.29 is 19.1 Å². The first-order valence-electron chi connectivity index (χ1n) is 6.02. The van der Waals surface area contributed by atoms with Gasteiger partial charge in [-0.1, -0.05) is 13.0 Å². The summed E-state index contributed by atoms with van der Waals surface area (Å²) in [6.45, 7) is 3.87. The van der Waals surface area contributed by atoms with Gasteiger partial charge in [0.2, 0.25) is 0 Å². The Kier molecular flexibility index (Phi) is 5.17. The zero-order valence-corrected chi connectivity index (χ0v) is 11.0. The molecule has 6 nitrogen and oxygen atoms in total. The molecule has 104 valence electrons. The molecule has 1 atom stereocenters. The van der Waals surface area contributed by atoms with Crippen molar-refractivity contribution in [3.63, 3.8) is 0 Å². The lowest BCUT2D eigenvalue weighted by Gasteiger charge is -2.15. The minimum Gasteiger partial charge on any atom is -0.493 e. The monoisotopic (exact) mass is 266 g/mol. The molecule has 0 spiro atoms. The number of anilines is 1. The molecule has 0 aliphatic carbocycles. The standard InChI is InChI=1S/C13H18N2O4/c1-3-9(12(15)16)19-13(17)11-8(14)6-5-7-10(11)18-4-2/h5-7,9H,3-4,14H2,1-2H3,(H2,15,16). The second kappa shape index (κ2) is 6.63. The number of hydrogen-bond donors (Lipinski definition) is 2. The summed E-state index contributed by atoms with van der Waals surface area (Å²) < 4.78 is 10.4. The van der Waals surface area contributed by atoms with E-state index in [2.05, 4.69) is 0 Å². The molecule has 6 heteroatoms. The summed E-state index contributed by atoms with van der Waals surface area (Å²) in [6.07, 6.45) is -0.667. The van der Waals surface area contributed by atoms with Gasteiger partial charge in [-0.2, -0.15) is 0 Å². The van der Waals surface area contributed by atoms with Crippen molar-refractivity contribution in [2.45, 2.75) is 26.4 Å². The molecule has 1 aromatic carbocycles. The highest BCUT2D eigenvalue weighted by molar-refractivity contribution is 5.99. The summed E-state index contributed by atoms with van der Waals surface area (Å²) in [5.41, 5.74) is 11.2. The van der Waals surface area contributed by atoms with Crippen LogP contribution in [-0.4, -0.2) is 24.6 Å². The maximum absolute atomic E-state index is 12.0. The van der Waals surface area contributed by atoms with Gasteiger partial charge in [0.25, 0.3) is 5.91 Å². The molecular weight excluding hydrogens is 248 g/mol. The summed E-state index contributed by atoms with van der Waals surface area (Å²) in [6, 6.07) is 4.84. The summed E-state index contributed by atoms with van der Waals surface area (Å²) in [7, 11) is 0. The molecular formula is C13H18N2O4. The molecule has 1 unspecified atom stereocenters. The highest BCUT2D eigenvalue weighted by Gasteiger charge is 2.23. The Labute approximate surface area is 111 Å². The van der Waals surface area contributed by atoms with Crippen molar-refractivity contribution >= 4 is 17.6 Å². The van der Waals surface area contributed by atoms with E-state index in [9.17, 15) is 9.59 Å². The number of nitrogens with two attached hydrogens (primary N) is 2. The summed E-state index contributed by atoms with van der Waals surface area (Å²) in [5, 5.41) is 0. The Hall–Kier alpha value is -2.24. The average Bonchev–Trinajstić information content (AvgIpc) is 2.35. The highest BCUT2D eigenvalue weighted by Crippen LogP contribution is 2.26. The van der Waals surface area contributed by atoms with Crippen molar-refractivity contribution in [1.82, 2.24) is 0 Å². The molecule has 1 rings (SSSR count). The molecule has 0 radical (unpaired) electrons. The SMILES string of the molecule is CCOc1cccc(N)c1C(=O)OC(CC)C(N)=O. The molecule has 0 saturated heterocycles. The van der Waals surface area contributed by atoms with Gasteiger partial charge in [-0.3, -0.25) is 4.79 Å². The van der Waals surface area contributed by atoms with Crippen molar-refractivity contribution in [3.05, 3.63) is 23.8 Å². The molecule has 0 saturated carbocycles. The van der Waals surface area contributed by atoms with Crippen LogP contribution in [0.2, 0.25) is 0 Å². The fourth-order valence-electron chi connectivity index (χ4n) is 1.57. The van der Waals surface area contributed by atoms with E-state index in [1.54, 1.807) is 32.0 Å². The fraction of sp³-hybridized carbons (Fsp3) is 0.385. The van der Waals surface area contributed by atoms with Gasteiger partial charge in [0, 0.05) is 5.69 Å². The van der Waals surface area contributed by atoms with Gasteiger partial charge < -0.3 is 20.9 Å². The number of amides is 1. The fourth-order valence-corrected chi connectivity index (χ4v) is 1.57. The van der Waals surface area contributed by atoms with Crippen LogP contribution in [0.3, 0.4) is 0 Å². The molecule has 0 aliphatic rings. The zero-order valence-electron chi connectivity index (χ0n) is 11.0. The molecule has 1 amide bonds. The van der Waals surface area contributed by atoms with Crippen LogP contribution in [0.1, 0.15) is 30.6 Å². The number of carbonyl (C=O) groups is 2. The first-order valence-corrected chi connectivity index (χ1v) is 6.02. The first kappa shape index (κ1) is 14.8. The minimum absolute atomic E-state index is 0.115. The van der Waals surface area contributed by atoms with Crippen LogP contribution in [0, 0.1) is 0 Å². The van der Waals surface area contributed by atoms with Crippen molar-refractivity contribution in [1.29, 1.82) is 0 Å². The molecule has 0 fully saturated rings. The van der Waals surface area contributed by atoms with Crippen molar-refractivity contribution in [2.75, 3.05) is 12.3 Å². The molecule has 0 aliphatic heterocycles. The number of hydrogen-bond acceptors (Lipinski definition) is 5. The Balaban J connectivity index is 3.01. The second-order valence-electron chi connectivity index (χ2n) is 3.86. The molecule has 0 aromatic heterocycles. The number of carbonyl (C=O) groups excluding carboxylic acids is 2. The van der Waals surface area contributed by atoms with Crippen molar-refractivity contribution in [2.24, 2.45) is 5.73 Å². The quantitative estimate of drug-likeness (QED) is 0.592. The van der Waals surface area contributed by atoms with Crippen LogP contribution in [0.5, 0.6) is 5.75 Å². The number of primary amides is 1.